The van der Waals surface area contributed by atoms with E-state index in [4.69, 9.17) is 4.74 Å². The molecule has 5 heteroatoms. The van der Waals surface area contributed by atoms with E-state index in [-0.39, 0.29) is 5.97 Å². The average molecular weight is 300 g/mol. The maximum Gasteiger partial charge on any atom is 0.315 e. The molecule has 2 aromatic heterocycles. The van der Waals surface area contributed by atoms with Crippen LogP contribution >= 0.6 is 0 Å². The van der Waals surface area contributed by atoms with Gasteiger partial charge >= 0.3 is 5.97 Å². The number of methoxy groups -OCH3 is 1. The molecule has 2 rings (SSSR count). The largest absolute Gasteiger partial charge is 0.468 e. The summed E-state index contributed by atoms with van der Waals surface area (Å²) in [6.45, 7) is 5.26. The molecule has 0 unspecified atom stereocenters. The van der Waals surface area contributed by atoms with E-state index in [2.05, 4.69) is 9.97 Å². The highest BCUT2D eigenvalue weighted by atomic mass is 16.5. The zero-order chi connectivity index (χ0) is 16.3. The minimum Gasteiger partial charge on any atom is -0.468 e. The second-order valence-corrected chi connectivity index (χ2v) is 5.79. The molecule has 0 fully saturated rings. The predicted molar refractivity (Wildman–Crippen MR) is 85.0 cm³/mol. The SMILES string of the molecule is COC(=O)C(C)(C)/C=C/c1cc2cc([C@@H](C)O)cnc2cn1. The molecule has 0 amide bonds. The molecule has 116 valence electrons. The quantitative estimate of drug-likeness (QED) is 0.879. The molecule has 2 heterocycles. The van der Waals surface area contributed by atoms with E-state index < -0.39 is 11.5 Å². The molecule has 5 nitrogen and oxygen atoms in total. The number of hydrogen-bond donors (Lipinski definition) is 1. The number of aliphatic hydroxyl groups is 1. The molecule has 1 N–H and O–H groups in total. The Labute approximate surface area is 129 Å². The number of carbonyl (C=O) groups excluding carboxylic acids is 1. The maximum absolute atomic E-state index is 11.7. The Morgan fingerprint density at radius 2 is 2.05 bits per heavy atom. The Balaban J connectivity index is 2.34. The standard InChI is InChI=1S/C17H20N2O3/c1-11(20)13-7-12-8-14(18-10-15(12)19-9-13)5-6-17(2,3)16(21)22-4/h5-11,20H,1-4H3/b6-5+/t11-/m1/s1. The number of ether oxygens (including phenoxy) is 1. The van der Waals surface area contributed by atoms with Gasteiger partial charge in [-0.3, -0.25) is 14.8 Å². The summed E-state index contributed by atoms with van der Waals surface area (Å²) in [6.07, 6.45) is 6.29. The molecule has 0 spiro atoms. The lowest BCUT2D eigenvalue weighted by Gasteiger charge is -2.16. The van der Waals surface area contributed by atoms with E-state index >= 15 is 0 Å². The highest BCUT2D eigenvalue weighted by molar-refractivity contribution is 5.82. The van der Waals surface area contributed by atoms with E-state index in [9.17, 15) is 9.90 Å². The summed E-state index contributed by atoms with van der Waals surface area (Å²) in [5, 5.41) is 10.5. The first kappa shape index (κ1) is 16.1. The van der Waals surface area contributed by atoms with Crippen LogP contribution in [0.2, 0.25) is 0 Å². The molecule has 0 saturated heterocycles. The van der Waals surface area contributed by atoms with Gasteiger partial charge in [-0.25, -0.2) is 0 Å². The van der Waals surface area contributed by atoms with Crippen LogP contribution in [0.1, 0.15) is 38.1 Å². The third kappa shape index (κ3) is 3.49. The third-order valence-corrected chi connectivity index (χ3v) is 3.47. The smallest absolute Gasteiger partial charge is 0.315 e. The monoisotopic (exact) mass is 300 g/mol. The molecule has 0 saturated carbocycles. The lowest BCUT2D eigenvalue weighted by molar-refractivity contribution is -0.148. The molecule has 0 aliphatic heterocycles. The fraction of sp³-hybridized carbons (Fsp3) is 0.353. The van der Waals surface area contributed by atoms with Gasteiger partial charge in [-0.05, 0) is 44.5 Å². The van der Waals surface area contributed by atoms with Crippen molar-refractivity contribution in [3.63, 3.8) is 0 Å². The Hall–Kier alpha value is -2.27. The first-order valence-electron chi connectivity index (χ1n) is 7.05. The Morgan fingerprint density at radius 3 is 2.68 bits per heavy atom. The van der Waals surface area contributed by atoms with E-state index in [0.29, 0.717) is 5.69 Å². The summed E-state index contributed by atoms with van der Waals surface area (Å²) in [7, 11) is 1.37. The van der Waals surface area contributed by atoms with Gasteiger partial charge in [0.05, 0.1) is 36.0 Å². The molecule has 0 aliphatic carbocycles. The highest BCUT2D eigenvalue weighted by Gasteiger charge is 2.25. The molecule has 0 bridgehead atoms. The maximum atomic E-state index is 11.7. The first-order valence-corrected chi connectivity index (χ1v) is 7.05. The topological polar surface area (TPSA) is 72.3 Å². The summed E-state index contributed by atoms with van der Waals surface area (Å²) < 4.78 is 4.77. The van der Waals surface area contributed by atoms with E-state index in [1.807, 2.05) is 12.1 Å². The summed E-state index contributed by atoms with van der Waals surface area (Å²) in [5.41, 5.74) is 1.51. The number of hydrogen-bond acceptors (Lipinski definition) is 5. The number of aromatic nitrogens is 2. The van der Waals surface area contributed by atoms with Gasteiger partial charge in [-0.2, -0.15) is 0 Å². The zero-order valence-corrected chi connectivity index (χ0v) is 13.2. The second-order valence-electron chi connectivity index (χ2n) is 5.79. The van der Waals surface area contributed by atoms with Crippen molar-refractivity contribution >= 4 is 22.9 Å². The van der Waals surface area contributed by atoms with E-state index in [0.717, 1.165) is 16.5 Å². The fourth-order valence-corrected chi connectivity index (χ4v) is 2.01. The van der Waals surface area contributed by atoms with E-state index in [1.54, 1.807) is 45.3 Å². The number of carbonyl (C=O) groups is 1. The van der Waals surface area contributed by atoms with Crippen LogP contribution in [0.5, 0.6) is 0 Å². The van der Waals surface area contributed by atoms with Crippen molar-refractivity contribution in [1.29, 1.82) is 0 Å². The Morgan fingerprint density at radius 1 is 1.32 bits per heavy atom. The van der Waals surface area contributed by atoms with E-state index in [1.165, 1.54) is 7.11 Å². The van der Waals surface area contributed by atoms with Crippen molar-refractivity contribution in [2.75, 3.05) is 7.11 Å². The van der Waals surface area contributed by atoms with Crippen LogP contribution in [0.25, 0.3) is 17.0 Å². The van der Waals surface area contributed by atoms with Crippen molar-refractivity contribution < 1.29 is 14.6 Å². The number of nitrogens with zero attached hydrogens (tertiary/aromatic N) is 2. The highest BCUT2D eigenvalue weighted by Crippen LogP contribution is 2.22. The van der Waals surface area contributed by atoms with Gasteiger partial charge in [0, 0.05) is 11.6 Å². The van der Waals surface area contributed by atoms with Gasteiger partial charge in [0.2, 0.25) is 0 Å². The molecule has 22 heavy (non-hydrogen) atoms. The average Bonchev–Trinajstić information content (AvgIpc) is 2.51. The first-order chi connectivity index (χ1) is 10.3. The van der Waals surface area contributed by atoms with Crippen molar-refractivity contribution in [1.82, 2.24) is 9.97 Å². The normalized spacial score (nSPS) is 13.5. The lowest BCUT2D eigenvalue weighted by atomic mass is 9.93. The Kier molecular flexibility index (Phi) is 4.56. The van der Waals surface area contributed by atoms with Crippen LogP contribution in [-0.4, -0.2) is 28.2 Å². The minimum atomic E-state index is -0.717. The van der Waals surface area contributed by atoms with Gasteiger partial charge in [-0.1, -0.05) is 6.08 Å². The van der Waals surface area contributed by atoms with Gasteiger partial charge < -0.3 is 9.84 Å². The Bertz CT molecular complexity index is 721. The van der Waals surface area contributed by atoms with Crippen LogP contribution in [0.15, 0.2) is 30.6 Å². The molecule has 0 radical (unpaired) electrons. The molecular formula is C17H20N2O3. The zero-order valence-electron chi connectivity index (χ0n) is 13.2. The van der Waals surface area contributed by atoms with Crippen LogP contribution in [0.4, 0.5) is 0 Å². The molecule has 0 aromatic carbocycles. The molecular weight excluding hydrogens is 280 g/mol. The van der Waals surface area contributed by atoms with Gasteiger partial charge in [-0.15, -0.1) is 0 Å². The second kappa shape index (κ2) is 6.23. The minimum absolute atomic E-state index is 0.303. The van der Waals surface area contributed by atoms with Crippen molar-refractivity contribution in [2.45, 2.75) is 26.9 Å². The number of pyridine rings is 2. The van der Waals surface area contributed by atoms with Crippen LogP contribution in [-0.2, 0) is 9.53 Å². The number of fused-ring (bicyclic) bond motifs is 1. The fourth-order valence-electron chi connectivity index (χ4n) is 2.01. The van der Waals surface area contributed by atoms with Crippen molar-refractivity contribution in [3.8, 4) is 0 Å². The van der Waals surface area contributed by atoms with Gasteiger partial charge in [0.1, 0.15) is 0 Å². The predicted octanol–water partition coefficient (Wildman–Crippen LogP) is 2.90. The summed E-state index contributed by atoms with van der Waals surface area (Å²) in [5.74, 6) is -0.303. The number of aliphatic hydroxyl groups excluding tert-OH is 1. The molecule has 0 aliphatic rings. The van der Waals surface area contributed by atoms with Crippen LogP contribution < -0.4 is 0 Å². The summed E-state index contributed by atoms with van der Waals surface area (Å²) >= 11 is 0. The van der Waals surface area contributed by atoms with Gasteiger partial charge in [0.25, 0.3) is 0 Å². The van der Waals surface area contributed by atoms with Crippen LogP contribution in [0.3, 0.4) is 0 Å². The summed E-state index contributed by atoms with van der Waals surface area (Å²) in [4.78, 5) is 20.2. The number of rotatable bonds is 4. The molecule has 1 atom stereocenters. The van der Waals surface area contributed by atoms with Gasteiger partial charge in [0.15, 0.2) is 0 Å². The lowest BCUT2D eigenvalue weighted by Crippen LogP contribution is -2.22. The van der Waals surface area contributed by atoms with Crippen molar-refractivity contribution in [2.24, 2.45) is 5.41 Å². The third-order valence-electron chi connectivity index (χ3n) is 3.47. The van der Waals surface area contributed by atoms with Crippen LogP contribution in [0, 0.1) is 5.41 Å². The van der Waals surface area contributed by atoms with Crippen molar-refractivity contribution in [3.05, 3.63) is 41.9 Å². The number of esters is 1. The summed E-state index contributed by atoms with van der Waals surface area (Å²) in [6, 6.07) is 3.76. The molecule has 2 aromatic rings.